The van der Waals surface area contributed by atoms with Gasteiger partial charge in [-0.25, -0.2) is 0 Å². The molecule has 0 spiro atoms. The summed E-state index contributed by atoms with van der Waals surface area (Å²) in [5.74, 6) is -0.120. The number of hydrogen-bond donors (Lipinski definition) is 1. The summed E-state index contributed by atoms with van der Waals surface area (Å²) in [5, 5.41) is 9.84. The lowest BCUT2D eigenvalue weighted by molar-refractivity contribution is 0.256. The first-order chi connectivity index (χ1) is 10.7. The van der Waals surface area contributed by atoms with Crippen LogP contribution in [-0.2, 0) is 6.54 Å². The van der Waals surface area contributed by atoms with E-state index in [4.69, 9.17) is 0 Å². The van der Waals surface area contributed by atoms with E-state index >= 15 is 0 Å². The number of unbranched alkanes of at least 4 members (excludes halogenated alkanes) is 1. The zero-order valence-electron chi connectivity index (χ0n) is 14.1. The zero-order chi connectivity index (χ0) is 15.9. The van der Waals surface area contributed by atoms with Crippen LogP contribution in [0.3, 0.4) is 0 Å². The average molecular weight is 306 g/mol. The molecular formula is C18H30N2O2. The van der Waals surface area contributed by atoms with E-state index in [0.717, 1.165) is 38.2 Å². The van der Waals surface area contributed by atoms with Gasteiger partial charge in [-0.15, -0.1) is 0 Å². The van der Waals surface area contributed by atoms with Gasteiger partial charge in [0.1, 0.15) is 0 Å². The lowest BCUT2D eigenvalue weighted by Gasteiger charge is -2.29. The molecule has 1 saturated carbocycles. The van der Waals surface area contributed by atoms with Crippen molar-refractivity contribution in [3.63, 3.8) is 0 Å². The molecule has 0 atom stereocenters. The van der Waals surface area contributed by atoms with Crippen molar-refractivity contribution in [2.24, 2.45) is 0 Å². The van der Waals surface area contributed by atoms with Gasteiger partial charge in [-0.2, -0.15) is 0 Å². The molecule has 0 bridgehead atoms. The molecule has 2 rings (SSSR count). The summed E-state index contributed by atoms with van der Waals surface area (Å²) in [6.07, 6.45) is 10.1. The van der Waals surface area contributed by atoms with Gasteiger partial charge in [0, 0.05) is 24.3 Å². The Morgan fingerprint density at radius 3 is 2.64 bits per heavy atom. The van der Waals surface area contributed by atoms with Crippen LogP contribution in [0.4, 0.5) is 0 Å². The molecular weight excluding hydrogens is 276 g/mol. The van der Waals surface area contributed by atoms with Gasteiger partial charge in [-0.05, 0) is 32.4 Å². The highest BCUT2D eigenvalue weighted by Gasteiger charge is 2.19. The fraction of sp³-hybridized carbons (Fsp3) is 0.722. The maximum absolute atomic E-state index is 11.9. The van der Waals surface area contributed by atoms with Gasteiger partial charge < -0.3 is 9.67 Å². The van der Waals surface area contributed by atoms with Crippen molar-refractivity contribution in [2.45, 2.75) is 71.4 Å². The van der Waals surface area contributed by atoms with Crippen LogP contribution in [0, 0.1) is 0 Å². The number of rotatable bonds is 7. The highest BCUT2D eigenvalue weighted by molar-refractivity contribution is 5.21. The Balaban J connectivity index is 2.23. The fourth-order valence-corrected chi connectivity index (χ4v) is 3.36. The fourth-order valence-electron chi connectivity index (χ4n) is 3.36. The predicted octanol–water partition coefficient (Wildman–Crippen LogP) is 3.68. The van der Waals surface area contributed by atoms with Crippen molar-refractivity contribution >= 4 is 0 Å². The van der Waals surface area contributed by atoms with Crippen LogP contribution < -0.4 is 5.43 Å². The van der Waals surface area contributed by atoms with Crippen LogP contribution in [0.1, 0.15) is 70.5 Å². The van der Waals surface area contributed by atoms with Crippen molar-refractivity contribution in [3.05, 3.63) is 28.2 Å². The second-order valence-corrected chi connectivity index (χ2v) is 6.44. The van der Waals surface area contributed by atoms with Crippen molar-refractivity contribution < 1.29 is 5.11 Å². The van der Waals surface area contributed by atoms with Gasteiger partial charge in [0.05, 0.1) is 6.20 Å². The first kappa shape index (κ1) is 17.1. The number of hydrogen-bond acceptors (Lipinski definition) is 3. The maximum atomic E-state index is 11.9. The quantitative estimate of drug-likeness (QED) is 0.836. The summed E-state index contributed by atoms with van der Waals surface area (Å²) in [6, 6.07) is 2.07. The van der Waals surface area contributed by atoms with E-state index in [2.05, 4.69) is 23.3 Å². The Labute approximate surface area is 133 Å². The number of aromatic nitrogens is 1. The molecule has 4 nitrogen and oxygen atoms in total. The van der Waals surface area contributed by atoms with Crippen LogP contribution >= 0.6 is 0 Å². The third kappa shape index (κ3) is 4.35. The van der Waals surface area contributed by atoms with Crippen molar-refractivity contribution in [1.82, 2.24) is 9.47 Å². The number of aromatic hydroxyl groups is 1. The summed E-state index contributed by atoms with van der Waals surface area (Å²) >= 11 is 0. The lowest BCUT2D eigenvalue weighted by atomic mass is 9.95. The van der Waals surface area contributed by atoms with E-state index in [1.165, 1.54) is 32.1 Å². The molecule has 0 saturated heterocycles. The highest BCUT2D eigenvalue weighted by atomic mass is 16.3. The minimum absolute atomic E-state index is 0.120. The summed E-state index contributed by atoms with van der Waals surface area (Å²) in [6.45, 7) is 7.21. The molecule has 22 heavy (non-hydrogen) atoms. The second-order valence-electron chi connectivity index (χ2n) is 6.44. The molecule has 1 aromatic rings. The molecule has 0 unspecified atom stereocenters. The molecule has 0 aliphatic heterocycles. The Hall–Kier alpha value is -1.29. The van der Waals surface area contributed by atoms with Gasteiger partial charge in [0.2, 0.25) is 5.43 Å². The monoisotopic (exact) mass is 306 g/mol. The molecule has 1 heterocycles. The molecule has 1 N–H and O–H groups in total. The first-order valence-electron chi connectivity index (χ1n) is 8.82. The SMILES string of the molecule is CCCCN(CC)Cc1cc(=O)c(O)cn1C1CCCCC1. The minimum atomic E-state index is -0.256. The van der Waals surface area contributed by atoms with Crippen LogP contribution in [-0.4, -0.2) is 27.7 Å². The van der Waals surface area contributed by atoms with Gasteiger partial charge in [0.15, 0.2) is 5.75 Å². The molecule has 0 radical (unpaired) electrons. The van der Waals surface area contributed by atoms with Crippen LogP contribution in [0.15, 0.2) is 17.1 Å². The summed E-state index contributed by atoms with van der Waals surface area (Å²) in [7, 11) is 0. The molecule has 0 aromatic carbocycles. The normalized spacial score (nSPS) is 16.3. The van der Waals surface area contributed by atoms with Crippen LogP contribution in [0.5, 0.6) is 5.75 Å². The smallest absolute Gasteiger partial charge is 0.223 e. The van der Waals surface area contributed by atoms with E-state index in [1.807, 2.05) is 0 Å². The largest absolute Gasteiger partial charge is 0.503 e. The molecule has 4 heteroatoms. The first-order valence-corrected chi connectivity index (χ1v) is 8.82. The van der Waals surface area contributed by atoms with E-state index in [1.54, 1.807) is 12.3 Å². The van der Waals surface area contributed by atoms with E-state index in [-0.39, 0.29) is 11.2 Å². The van der Waals surface area contributed by atoms with E-state index in [9.17, 15) is 9.90 Å². The maximum Gasteiger partial charge on any atom is 0.223 e. The average Bonchev–Trinajstić information content (AvgIpc) is 2.55. The topological polar surface area (TPSA) is 45.5 Å². The molecule has 1 fully saturated rings. The summed E-state index contributed by atoms with van der Waals surface area (Å²) in [5.41, 5.74) is 0.793. The number of nitrogens with zero attached hydrogens (tertiary/aromatic N) is 2. The third-order valence-electron chi connectivity index (χ3n) is 4.77. The van der Waals surface area contributed by atoms with Crippen molar-refractivity contribution in [1.29, 1.82) is 0 Å². The standard InChI is InChI=1S/C18H30N2O2/c1-3-5-11-19(4-2)13-16-12-17(21)18(22)14-20(16)15-9-7-6-8-10-15/h12,14-15,22H,3-11,13H2,1-2H3. The van der Waals surface area contributed by atoms with Crippen molar-refractivity contribution in [2.75, 3.05) is 13.1 Å². The van der Waals surface area contributed by atoms with Gasteiger partial charge in [-0.3, -0.25) is 9.69 Å². The molecule has 1 aliphatic carbocycles. The molecule has 1 aliphatic rings. The molecule has 0 amide bonds. The summed E-state index contributed by atoms with van der Waals surface area (Å²) < 4.78 is 2.17. The Bertz CT molecular complexity index is 518. The number of pyridine rings is 1. The highest BCUT2D eigenvalue weighted by Crippen LogP contribution is 2.30. The molecule has 1 aromatic heterocycles. The van der Waals surface area contributed by atoms with Crippen LogP contribution in [0.25, 0.3) is 0 Å². The third-order valence-corrected chi connectivity index (χ3v) is 4.77. The van der Waals surface area contributed by atoms with E-state index < -0.39 is 0 Å². The lowest BCUT2D eigenvalue weighted by Crippen LogP contribution is -2.28. The minimum Gasteiger partial charge on any atom is -0.503 e. The molecule has 124 valence electrons. The van der Waals surface area contributed by atoms with Gasteiger partial charge >= 0.3 is 0 Å². The Kier molecular flexibility index (Phi) is 6.49. The predicted molar refractivity (Wildman–Crippen MR) is 90.3 cm³/mol. The van der Waals surface area contributed by atoms with Crippen LogP contribution in [0.2, 0.25) is 0 Å². The summed E-state index contributed by atoms with van der Waals surface area (Å²) in [4.78, 5) is 14.3. The van der Waals surface area contributed by atoms with Crippen molar-refractivity contribution in [3.8, 4) is 5.75 Å². The Morgan fingerprint density at radius 1 is 1.27 bits per heavy atom. The van der Waals surface area contributed by atoms with Gasteiger partial charge in [0.25, 0.3) is 0 Å². The zero-order valence-corrected chi connectivity index (χ0v) is 14.1. The van der Waals surface area contributed by atoms with E-state index in [0.29, 0.717) is 6.04 Å². The van der Waals surface area contributed by atoms with Gasteiger partial charge in [-0.1, -0.05) is 39.5 Å². The Morgan fingerprint density at radius 2 is 2.00 bits per heavy atom. The second kappa shape index (κ2) is 8.37.